The Labute approximate surface area is 116 Å². The molecule has 2 aromatic rings. The molecule has 0 amide bonds. The lowest BCUT2D eigenvalue weighted by atomic mass is 10.2. The van der Waals surface area contributed by atoms with Gasteiger partial charge in [0.15, 0.2) is 0 Å². The Morgan fingerprint density at radius 2 is 2.00 bits per heavy atom. The van der Waals surface area contributed by atoms with Gasteiger partial charge in [-0.3, -0.25) is 0 Å². The Morgan fingerprint density at radius 3 is 2.58 bits per heavy atom. The Bertz CT molecular complexity index is 614. The van der Waals surface area contributed by atoms with Crippen LogP contribution in [0.4, 0.5) is 0 Å². The number of hydrogen-bond acceptors (Lipinski definition) is 3. The SMILES string of the molecule is Cc1ccc(SCc2cc(C(=O)O)oc2C)c(C)c1. The average molecular weight is 276 g/mol. The van der Waals surface area contributed by atoms with Crippen LogP contribution >= 0.6 is 11.8 Å². The van der Waals surface area contributed by atoms with Crippen LogP contribution < -0.4 is 0 Å². The van der Waals surface area contributed by atoms with E-state index in [1.807, 2.05) is 0 Å². The van der Waals surface area contributed by atoms with E-state index in [0.29, 0.717) is 11.5 Å². The lowest BCUT2D eigenvalue weighted by Crippen LogP contribution is -1.91. The number of thioether (sulfide) groups is 1. The normalized spacial score (nSPS) is 10.7. The summed E-state index contributed by atoms with van der Waals surface area (Å²) in [7, 11) is 0. The molecule has 1 heterocycles. The van der Waals surface area contributed by atoms with Crippen molar-refractivity contribution in [3.8, 4) is 0 Å². The van der Waals surface area contributed by atoms with E-state index in [0.717, 1.165) is 5.56 Å². The summed E-state index contributed by atoms with van der Waals surface area (Å²) in [6.45, 7) is 5.95. The minimum absolute atomic E-state index is 0.00808. The maximum Gasteiger partial charge on any atom is 0.371 e. The molecule has 1 aromatic heterocycles. The molecule has 1 N–H and O–H groups in total. The zero-order valence-corrected chi connectivity index (χ0v) is 12.0. The summed E-state index contributed by atoms with van der Waals surface area (Å²) in [5.41, 5.74) is 3.42. The number of rotatable bonds is 4. The molecule has 0 fully saturated rings. The first-order valence-electron chi connectivity index (χ1n) is 6.00. The van der Waals surface area contributed by atoms with Crippen molar-refractivity contribution in [2.45, 2.75) is 31.4 Å². The van der Waals surface area contributed by atoms with Gasteiger partial charge in [-0.15, -0.1) is 11.8 Å². The summed E-state index contributed by atoms with van der Waals surface area (Å²) >= 11 is 1.70. The van der Waals surface area contributed by atoms with Crippen LogP contribution in [0.3, 0.4) is 0 Å². The number of aryl methyl sites for hydroxylation is 3. The van der Waals surface area contributed by atoms with E-state index >= 15 is 0 Å². The number of aromatic carboxylic acids is 1. The molecule has 0 unspecified atom stereocenters. The van der Waals surface area contributed by atoms with E-state index in [1.54, 1.807) is 24.8 Å². The fourth-order valence-electron chi connectivity index (χ4n) is 1.89. The maximum atomic E-state index is 10.8. The first-order chi connectivity index (χ1) is 8.97. The van der Waals surface area contributed by atoms with Crippen molar-refractivity contribution >= 4 is 17.7 Å². The molecule has 2 rings (SSSR count). The third kappa shape index (κ3) is 3.20. The van der Waals surface area contributed by atoms with Gasteiger partial charge in [0, 0.05) is 16.2 Å². The van der Waals surface area contributed by atoms with Gasteiger partial charge in [0.25, 0.3) is 0 Å². The van der Waals surface area contributed by atoms with Crippen LogP contribution in [0, 0.1) is 20.8 Å². The van der Waals surface area contributed by atoms with Crippen molar-refractivity contribution in [2.75, 3.05) is 0 Å². The molecule has 0 aliphatic rings. The molecular formula is C15H16O3S. The van der Waals surface area contributed by atoms with Crippen LogP contribution in [0.2, 0.25) is 0 Å². The summed E-state index contributed by atoms with van der Waals surface area (Å²) in [6.07, 6.45) is 0. The molecule has 0 spiro atoms. The number of furan rings is 1. The molecule has 0 saturated heterocycles. The van der Waals surface area contributed by atoms with E-state index in [4.69, 9.17) is 9.52 Å². The van der Waals surface area contributed by atoms with Crippen molar-refractivity contribution in [2.24, 2.45) is 0 Å². The van der Waals surface area contributed by atoms with Gasteiger partial charge in [0.1, 0.15) is 5.76 Å². The molecular weight excluding hydrogens is 260 g/mol. The molecule has 0 bridgehead atoms. The fourth-order valence-corrected chi connectivity index (χ4v) is 2.93. The highest BCUT2D eigenvalue weighted by Crippen LogP contribution is 2.28. The van der Waals surface area contributed by atoms with Gasteiger partial charge in [-0.25, -0.2) is 4.79 Å². The Balaban J connectivity index is 2.12. The zero-order chi connectivity index (χ0) is 14.0. The Morgan fingerprint density at radius 1 is 1.26 bits per heavy atom. The van der Waals surface area contributed by atoms with Gasteiger partial charge in [0.05, 0.1) is 0 Å². The number of hydrogen-bond donors (Lipinski definition) is 1. The van der Waals surface area contributed by atoms with Crippen LogP contribution in [0.1, 0.15) is 33.0 Å². The fraction of sp³-hybridized carbons (Fsp3) is 0.267. The monoisotopic (exact) mass is 276 g/mol. The molecule has 0 saturated carbocycles. The minimum Gasteiger partial charge on any atom is -0.475 e. The number of carboxylic acids is 1. The van der Waals surface area contributed by atoms with Gasteiger partial charge >= 0.3 is 5.97 Å². The van der Waals surface area contributed by atoms with Gasteiger partial charge < -0.3 is 9.52 Å². The van der Waals surface area contributed by atoms with Gasteiger partial charge in [-0.05, 0) is 38.5 Å². The molecule has 100 valence electrons. The first kappa shape index (κ1) is 13.7. The standard InChI is InChI=1S/C15H16O3S/c1-9-4-5-14(10(2)6-9)19-8-12-7-13(15(16)17)18-11(12)3/h4-7H,8H2,1-3H3,(H,16,17). The van der Waals surface area contributed by atoms with Gasteiger partial charge in [-0.1, -0.05) is 17.7 Å². The average Bonchev–Trinajstić information content (AvgIpc) is 2.70. The highest BCUT2D eigenvalue weighted by atomic mass is 32.2. The van der Waals surface area contributed by atoms with E-state index < -0.39 is 5.97 Å². The second-order valence-corrected chi connectivity index (χ2v) is 5.57. The minimum atomic E-state index is -1.02. The predicted octanol–water partition coefficient (Wildman–Crippen LogP) is 4.20. The first-order valence-corrected chi connectivity index (χ1v) is 6.98. The number of carboxylic acid groups (broad SMARTS) is 1. The second-order valence-electron chi connectivity index (χ2n) is 4.55. The highest BCUT2D eigenvalue weighted by molar-refractivity contribution is 7.98. The Kier molecular flexibility index (Phi) is 4.00. The molecule has 0 radical (unpaired) electrons. The molecule has 4 heteroatoms. The van der Waals surface area contributed by atoms with Crippen molar-refractivity contribution < 1.29 is 14.3 Å². The highest BCUT2D eigenvalue weighted by Gasteiger charge is 2.13. The van der Waals surface area contributed by atoms with E-state index in [-0.39, 0.29) is 5.76 Å². The van der Waals surface area contributed by atoms with Crippen molar-refractivity contribution in [3.05, 3.63) is 52.5 Å². The van der Waals surface area contributed by atoms with Crippen LogP contribution in [0.15, 0.2) is 33.6 Å². The largest absolute Gasteiger partial charge is 0.475 e. The van der Waals surface area contributed by atoms with E-state index in [2.05, 4.69) is 32.0 Å². The lowest BCUT2D eigenvalue weighted by molar-refractivity contribution is 0.0661. The van der Waals surface area contributed by atoms with Crippen molar-refractivity contribution in [1.29, 1.82) is 0 Å². The molecule has 0 atom stereocenters. The third-order valence-electron chi connectivity index (χ3n) is 2.94. The van der Waals surface area contributed by atoms with E-state index in [9.17, 15) is 4.79 Å². The van der Waals surface area contributed by atoms with Crippen LogP contribution in [-0.4, -0.2) is 11.1 Å². The smallest absolute Gasteiger partial charge is 0.371 e. The third-order valence-corrected chi connectivity index (χ3v) is 4.17. The maximum absolute atomic E-state index is 10.8. The van der Waals surface area contributed by atoms with Crippen LogP contribution in [-0.2, 0) is 5.75 Å². The predicted molar refractivity (Wildman–Crippen MR) is 75.9 cm³/mol. The zero-order valence-electron chi connectivity index (χ0n) is 11.2. The summed E-state index contributed by atoms with van der Waals surface area (Å²) in [6, 6.07) is 7.94. The van der Waals surface area contributed by atoms with Crippen LogP contribution in [0.25, 0.3) is 0 Å². The van der Waals surface area contributed by atoms with Crippen LogP contribution in [0.5, 0.6) is 0 Å². The summed E-state index contributed by atoms with van der Waals surface area (Å²) in [4.78, 5) is 12.0. The summed E-state index contributed by atoms with van der Waals surface area (Å²) in [5, 5.41) is 8.88. The summed E-state index contributed by atoms with van der Waals surface area (Å²) < 4.78 is 5.20. The van der Waals surface area contributed by atoms with Gasteiger partial charge in [-0.2, -0.15) is 0 Å². The molecule has 0 aliphatic carbocycles. The number of carbonyl (C=O) groups is 1. The molecule has 0 aliphatic heterocycles. The Hall–Kier alpha value is -1.68. The topological polar surface area (TPSA) is 50.4 Å². The van der Waals surface area contributed by atoms with E-state index in [1.165, 1.54) is 16.0 Å². The van der Waals surface area contributed by atoms with Crippen molar-refractivity contribution in [3.63, 3.8) is 0 Å². The van der Waals surface area contributed by atoms with Gasteiger partial charge in [0.2, 0.25) is 5.76 Å². The molecule has 3 nitrogen and oxygen atoms in total. The second kappa shape index (κ2) is 5.53. The van der Waals surface area contributed by atoms with Crippen molar-refractivity contribution in [1.82, 2.24) is 0 Å². The number of benzene rings is 1. The summed E-state index contributed by atoms with van der Waals surface area (Å²) in [5.74, 6) is 0.376. The molecule has 19 heavy (non-hydrogen) atoms. The quantitative estimate of drug-likeness (QED) is 0.850. The molecule has 1 aromatic carbocycles. The lowest BCUT2D eigenvalue weighted by Gasteiger charge is -2.05.